The van der Waals surface area contributed by atoms with Gasteiger partial charge in [-0.2, -0.15) is 0 Å². The van der Waals surface area contributed by atoms with Crippen LogP contribution >= 0.6 is 0 Å². The molecular weight excluding hydrogens is 421 g/mol. The summed E-state index contributed by atoms with van der Waals surface area (Å²) in [6, 6.07) is 4.91. The number of aryl methyl sites for hydroxylation is 2. The van der Waals surface area contributed by atoms with Crippen LogP contribution in [0.1, 0.15) is 36.6 Å². The van der Waals surface area contributed by atoms with Crippen molar-refractivity contribution in [3.05, 3.63) is 58.2 Å². The Bertz CT molecular complexity index is 1060. The summed E-state index contributed by atoms with van der Waals surface area (Å²) >= 11 is 0. The molecule has 0 spiro atoms. The predicted molar refractivity (Wildman–Crippen MR) is 107 cm³/mol. The quantitative estimate of drug-likeness (QED) is 0.579. The smallest absolute Gasteiger partial charge is 0.164 e. The number of nitrogens with one attached hydrogen (secondary N) is 1. The second-order valence-corrected chi connectivity index (χ2v) is 7.14. The normalized spacial score (nSPS) is 10.9. The molecule has 0 aliphatic heterocycles. The van der Waals surface area contributed by atoms with Gasteiger partial charge in [-0.15, -0.1) is 7.05 Å². The second-order valence-electron chi connectivity index (χ2n) is 7.14. The average molecular weight is 444 g/mol. The van der Waals surface area contributed by atoms with Gasteiger partial charge in [-0.05, 0) is 43.5 Å². The van der Waals surface area contributed by atoms with Gasteiger partial charge in [0.1, 0.15) is 5.82 Å². The van der Waals surface area contributed by atoms with Gasteiger partial charge in [0.05, 0.1) is 18.0 Å². The maximum absolute atomic E-state index is 14.5. The molecule has 0 aliphatic rings. The van der Waals surface area contributed by atoms with E-state index in [-0.39, 0.29) is 40.7 Å². The van der Waals surface area contributed by atoms with Gasteiger partial charge in [0.15, 0.2) is 11.6 Å². The van der Waals surface area contributed by atoms with Crippen molar-refractivity contribution in [1.29, 1.82) is 0 Å². The number of hydrogen-bond donors (Lipinski definition) is 1. The Kier molecular flexibility index (Phi) is 7.02. The Morgan fingerprint density at radius 3 is 2.59 bits per heavy atom. The van der Waals surface area contributed by atoms with E-state index in [0.29, 0.717) is 17.1 Å². The number of rotatable bonds is 5. The molecular formula is C21H23CoF2N4O-. The van der Waals surface area contributed by atoms with Crippen LogP contribution in [0.3, 0.4) is 0 Å². The summed E-state index contributed by atoms with van der Waals surface area (Å²) in [5.74, 6) is -1.63. The number of anilines is 2. The third kappa shape index (κ3) is 4.28. The fraction of sp³-hybridized carbons (Fsp3) is 0.333. The average Bonchev–Trinajstić information content (AvgIpc) is 2.95. The van der Waals surface area contributed by atoms with Crippen molar-refractivity contribution in [3.63, 3.8) is 0 Å². The summed E-state index contributed by atoms with van der Waals surface area (Å²) in [5, 5.41) is 7.69. The number of carbonyl (C=O) groups excluding carboxylic acids is 1. The van der Waals surface area contributed by atoms with Crippen molar-refractivity contribution >= 4 is 28.3 Å². The van der Waals surface area contributed by atoms with Gasteiger partial charge in [0, 0.05) is 45.3 Å². The van der Waals surface area contributed by atoms with Crippen LogP contribution in [0.5, 0.6) is 0 Å². The first-order valence-corrected chi connectivity index (χ1v) is 9.07. The van der Waals surface area contributed by atoms with Crippen molar-refractivity contribution in [1.82, 2.24) is 9.55 Å². The van der Waals surface area contributed by atoms with Gasteiger partial charge < -0.3 is 20.0 Å². The summed E-state index contributed by atoms with van der Waals surface area (Å²) in [5.41, 5.74) is 3.09. The number of benzene rings is 1. The molecule has 1 aromatic carbocycles. The van der Waals surface area contributed by atoms with E-state index in [2.05, 4.69) is 15.6 Å². The number of fused-ring (bicyclic) bond motifs is 1. The minimum atomic E-state index is -0.859. The molecule has 3 rings (SSSR count). The zero-order valence-electron chi connectivity index (χ0n) is 16.9. The maximum atomic E-state index is 14.5. The van der Waals surface area contributed by atoms with E-state index in [1.165, 1.54) is 13.1 Å². The molecule has 1 radical (unpaired) electrons. The van der Waals surface area contributed by atoms with Crippen LogP contribution in [0.2, 0.25) is 0 Å². The fourth-order valence-electron chi connectivity index (χ4n) is 3.44. The van der Waals surface area contributed by atoms with Crippen LogP contribution in [0.4, 0.5) is 20.3 Å². The first kappa shape index (κ1) is 22.8. The molecule has 0 atom stereocenters. The maximum Gasteiger partial charge on any atom is 0.164 e. The van der Waals surface area contributed by atoms with Gasteiger partial charge in [0.2, 0.25) is 0 Å². The topological polar surface area (TPSA) is 61.0 Å². The summed E-state index contributed by atoms with van der Waals surface area (Å²) in [4.78, 5) is 16.2. The number of nitrogens with zero attached hydrogens (tertiary/aromatic N) is 3. The summed E-state index contributed by atoms with van der Waals surface area (Å²) in [6.07, 6.45) is 1.62. The van der Waals surface area contributed by atoms with E-state index in [1.54, 1.807) is 13.1 Å². The van der Waals surface area contributed by atoms with Gasteiger partial charge in [-0.25, -0.2) is 13.8 Å². The predicted octanol–water partition coefficient (Wildman–Crippen LogP) is 5.33. The van der Waals surface area contributed by atoms with Gasteiger partial charge >= 0.3 is 0 Å². The Labute approximate surface area is 179 Å². The monoisotopic (exact) mass is 444 g/mol. The minimum absolute atomic E-state index is 0. The standard InChI is InChI=1S/C21H24F2N4O.Co/c1-11(2)18-19(23)15(22)8-12(3)20(18)26-21-14-9-13(4)27(10-17(28)24-5)16(14)6-7-25-21;/h6-9,11H,10H2,1-5H3,(H2,24,25,26,28);/p-1. The minimum Gasteiger partial charge on any atom is -0.654 e. The molecule has 0 fully saturated rings. The number of halogens is 2. The third-order valence-electron chi connectivity index (χ3n) is 4.85. The molecule has 157 valence electrons. The second kappa shape index (κ2) is 8.92. The van der Waals surface area contributed by atoms with E-state index in [4.69, 9.17) is 0 Å². The Balaban J connectivity index is 0.00000300. The Hall–Kier alpha value is -2.45. The van der Waals surface area contributed by atoms with Crippen molar-refractivity contribution < 1.29 is 30.4 Å². The van der Waals surface area contributed by atoms with Crippen LogP contribution in [0.15, 0.2) is 24.4 Å². The third-order valence-corrected chi connectivity index (χ3v) is 4.85. The number of aromatic nitrogens is 2. The van der Waals surface area contributed by atoms with Crippen LogP contribution in [0.25, 0.3) is 16.2 Å². The Morgan fingerprint density at radius 2 is 1.97 bits per heavy atom. The van der Waals surface area contributed by atoms with Crippen LogP contribution < -0.4 is 5.32 Å². The Morgan fingerprint density at radius 1 is 1.28 bits per heavy atom. The zero-order chi connectivity index (χ0) is 20.6. The van der Waals surface area contributed by atoms with Crippen LogP contribution in [0, 0.1) is 25.5 Å². The van der Waals surface area contributed by atoms with E-state index in [9.17, 15) is 13.6 Å². The first-order valence-electron chi connectivity index (χ1n) is 9.07. The molecule has 2 aromatic heterocycles. The summed E-state index contributed by atoms with van der Waals surface area (Å²) in [6.45, 7) is 7.40. The molecule has 1 N–H and O–H groups in total. The number of carbonyl (C=O) groups is 1. The zero-order valence-corrected chi connectivity index (χ0v) is 18.0. The molecule has 29 heavy (non-hydrogen) atoms. The van der Waals surface area contributed by atoms with Gasteiger partial charge in [-0.3, -0.25) is 0 Å². The SMILES string of the molecule is C[N-]C(=O)Cn1c(C)cc2c(Nc3c(C)cc(F)c(F)c3C(C)C)nccc21.[Co]. The van der Waals surface area contributed by atoms with E-state index >= 15 is 0 Å². The molecule has 2 heterocycles. The molecule has 0 bridgehead atoms. The van der Waals surface area contributed by atoms with E-state index in [1.807, 2.05) is 37.5 Å². The van der Waals surface area contributed by atoms with Crippen LogP contribution in [-0.4, -0.2) is 22.5 Å². The van der Waals surface area contributed by atoms with E-state index < -0.39 is 11.6 Å². The summed E-state index contributed by atoms with van der Waals surface area (Å²) < 4.78 is 30.3. The number of hydrogen-bond acceptors (Lipinski definition) is 3. The van der Waals surface area contributed by atoms with E-state index in [0.717, 1.165) is 16.6 Å². The molecule has 8 heteroatoms. The van der Waals surface area contributed by atoms with Crippen molar-refractivity contribution in [2.24, 2.45) is 0 Å². The largest absolute Gasteiger partial charge is 0.654 e. The molecule has 5 nitrogen and oxygen atoms in total. The van der Waals surface area contributed by atoms with Crippen molar-refractivity contribution in [2.75, 3.05) is 12.4 Å². The fourth-order valence-corrected chi connectivity index (χ4v) is 3.44. The van der Waals surface area contributed by atoms with Crippen molar-refractivity contribution in [3.8, 4) is 0 Å². The first-order chi connectivity index (χ1) is 13.2. The molecule has 1 amide bonds. The molecule has 0 saturated carbocycles. The molecule has 0 unspecified atom stereocenters. The number of likely N-dealkylation sites (N-methyl/N-ethyl adjacent to an activating group) is 1. The van der Waals surface area contributed by atoms with Crippen LogP contribution in [-0.2, 0) is 28.1 Å². The van der Waals surface area contributed by atoms with Gasteiger partial charge in [-0.1, -0.05) is 13.8 Å². The molecule has 0 aliphatic carbocycles. The molecule has 3 aromatic rings. The number of pyridine rings is 1. The molecule has 0 saturated heterocycles. The summed E-state index contributed by atoms with van der Waals surface area (Å²) in [7, 11) is 1.47. The van der Waals surface area contributed by atoms with Gasteiger partial charge in [0.25, 0.3) is 0 Å². The van der Waals surface area contributed by atoms with Crippen molar-refractivity contribution in [2.45, 2.75) is 40.2 Å². The number of amides is 1.